The Kier molecular flexibility index (Phi) is 4.67. The monoisotopic (exact) mass is 393 g/mol. The van der Waals surface area contributed by atoms with Crippen molar-refractivity contribution < 1.29 is 0 Å². The van der Waals surface area contributed by atoms with Gasteiger partial charge in [0.1, 0.15) is 10.8 Å². The van der Waals surface area contributed by atoms with Crippen molar-refractivity contribution in [3.8, 4) is 10.6 Å². The van der Waals surface area contributed by atoms with E-state index in [0.717, 1.165) is 46.0 Å². The summed E-state index contributed by atoms with van der Waals surface area (Å²) in [5.41, 5.74) is 3.08. The number of para-hydroxylation sites is 1. The Morgan fingerprint density at radius 1 is 1.07 bits per heavy atom. The summed E-state index contributed by atoms with van der Waals surface area (Å²) >= 11 is 1.72. The maximum absolute atomic E-state index is 4.91. The zero-order chi connectivity index (χ0) is 19.1. The van der Waals surface area contributed by atoms with Crippen molar-refractivity contribution in [3.05, 3.63) is 30.0 Å². The molecule has 2 N–H and O–H groups in total. The zero-order valence-corrected chi connectivity index (χ0v) is 17.4. The highest BCUT2D eigenvalue weighted by molar-refractivity contribution is 7.21. The molecule has 2 aliphatic rings. The first-order chi connectivity index (χ1) is 13.7. The quantitative estimate of drug-likeness (QED) is 0.580. The fourth-order valence-electron chi connectivity index (χ4n) is 4.08. The van der Waals surface area contributed by atoms with Gasteiger partial charge in [-0.05, 0) is 56.6 Å². The molecule has 0 saturated heterocycles. The third-order valence-corrected chi connectivity index (χ3v) is 7.08. The number of hydrogen-bond donors (Lipinski definition) is 2. The number of nitrogens with one attached hydrogen (secondary N) is 2. The van der Waals surface area contributed by atoms with E-state index in [1.165, 1.54) is 36.8 Å². The van der Waals surface area contributed by atoms with Crippen molar-refractivity contribution >= 4 is 33.3 Å². The number of benzene rings is 1. The Hall–Kier alpha value is -2.21. The van der Waals surface area contributed by atoms with Gasteiger partial charge in [-0.1, -0.05) is 25.5 Å². The Labute approximate surface area is 170 Å². The highest BCUT2D eigenvalue weighted by atomic mass is 32.1. The maximum atomic E-state index is 4.91. The Balaban J connectivity index is 1.54. The standard InChI is InChI=1S/C22H27N5S/c1-13-6-5-8-16(13)25-20-19(21-26-17-7-3-4-9-18(17)28-21)14(2)24-22(27-20)23-12-15-10-11-15/h3-4,7,9,13,15-16H,5-6,8,10-12H2,1-2H3,(H2,23,24,25,27)/t13-,16+/m0/s1. The number of anilines is 2. The number of rotatable bonds is 6. The van der Waals surface area contributed by atoms with Gasteiger partial charge in [-0.3, -0.25) is 0 Å². The predicted molar refractivity (Wildman–Crippen MR) is 117 cm³/mol. The summed E-state index contributed by atoms with van der Waals surface area (Å²) in [6.07, 6.45) is 6.41. The van der Waals surface area contributed by atoms with E-state index < -0.39 is 0 Å². The summed E-state index contributed by atoms with van der Waals surface area (Å²) in [6.45, 7) is 5.39. The van der Waals surface area contributed by atoms with E-state index in [-0.39, 0.29) is 0 Å². The van der Waals surface area contributed by atoms with E-state index in [0.29, 0.717) is 12.0 Å². The molecule has 5 rings (SSSR count). The molecule has 0 radical (unpaired) electrons. The second-order valence-electron chi connectivity index (χ2n) is 8.33. The SMILES string of the molecule is Cc1nc(NCC2CC2)nc(N[C@@H]2CCC[C@@H]2C)c1-c1nc2ccccc2s1. The maximum Gasteiger partial charge on any atom is 0.224 e. The summed E-state index contributed by atoms with van der Waals surface area (Å²) in [4.78, 5) is 14.6. The van der Waals surface area contributed by atoms with Gasteiger partial charge in [-0.25, -0.2) is 9.97 Å². The normalized spacial score (nSPS) is 21.9. The van der Waals surface area contributed by atoms with Crippen LogP contribution >= 0.6 is 11.3 Å². The molecule has 28 heavy (non-hydrogen) atoms. The number of aromatic nitrogens is 3. The molecule has 0 unspecified atom stereocenters. The molecular weight excluding hydrogens is 366 g/mol. The van der Waals surface area contributed by atoms with Gasteiger partial charge in [0.2, 0.25) is 5.95 Å². The number of aryl methyl sites for hydroxylation is 1. The van der Waals surface area contributed by atoms with Gasteiger partial charge in [0.25, 0.3) is 0 Å². The summed E-state index contributed by atoms with van der Waals surface area (Å²) < 4.78 is 1.20. The molecule has 0 spiro atoms. The van der Waals surface area contributed by atoms with Crippen LogP contribution in [-0.2, 0) is 0 Å². The van der Waals surface area contributed by atoms with Gasteiger partial charge >= 0.3 is 0 Å². The van der Waals surface area contributed by atoms with Crippen molar-refractivity contribution in [1.82, 2.24) is 15.0 Å². The van der Waals surface area contributed by atoms with Crippen molar-refractivity contribution in [3.63, 3.8) is 0 Å². The molecule has 2 aromatic heterocycles. The van der Waals surface area contributed by atoms with Crippen LogP contribution in [0.4, 0.5) is 11.8 Å². The van der Waals surface area contributed by atoms with Crippen LogP contribution in [0.1, 0.15) is 44.7 Å². The van der Waals surface area contributed by atoms with Gasteiger partial charge in [-0.2, -0.15) is 4.98 Å². The van der Waals surface area contributed by atoms with E-state index in [9.17, 15) is 0 Å². The molecule has 5 nitrogen and oxygen atoms in total. The summed E-state index contributed by atoms with van der Waals surface area (Å²) in [7, 11) is 0. The van der Waals surface area contributed by atoms with Gasteiger partial charge in [0, 0.05) is 12.6 Å². The van der Waals surface area contributed by atoms with Gasteiger partial charge in [-0.15, -0.1) is 11.3 Å². The first-order valence-electron chi connectivity index (χ1n) is 10.4. The van der Waals surface area contributed by atoms with Crippen LogP contribution < -0.4 is 10.6 Å². The Bertz CT molecular complexity index is 961. The van der Waals surface area contributed by atoms with E-state index >= 15 is 0 Å². The molecular formula is C22H27N5S. The van der Waals surface area contributed by atoms with Gasteiger partial charge < -0.3 is 10.6 Å². The lowest BCUT2D eigenvalue weighted by atomic mass is 10.1. The predicted octanol–water partition coefficient (Wildman–Crippen LogP) is 5.48. The molecule has 0 bridgehead atoms. The average molecular weight is 394 g/mol. The molecule has 6 heteroatoms. The minimum Gasteiger partial charge on any atom is -0.366 e. The van der Waals surface area contributed by atoms with E-state index in [4.69, 9.17) is 15.0 Å². The molecule has 2 atom stereocenters. The van der Waals surface area contributed by atoms with Crippen LogP contribution in [0.15, 0.2) is 24.3 Å². The second-order valence-corrected chi connectivity index (χ2v) is 9.36. The number of nitrogens with zero attached hydrogens (tertiary/aromatic N) is 3. The van der Waals surface area contributed by atoms with Crippen molar-refractivity contribution in [2.45, 2.75) is 52.0 Å². The van der Waals surface area contributed by atoms with E-state index in [1.807, 2.05) is 6.07 Å². The first kappa shape index (κ1) is 17.9. The molecule has 0 amide bonds. The molecule has 1 aromatic carbocycles. The van der Waals surface area contributed by atoms with Crippen LogP contribution in [0, 0.1) is 18.8 Å². The van der Waals surface area contributed by atoms with Crippen LogP contribution in [0.25, 0.3) is 20.8 Å². The highest BCUT2D eigenvalue weighted by Gasteiger charge is 2.27. The third-order valence-electron chi connectivity index (χ3n) is 6.03. The minimum absolute atomic E-state index is 0.471. The number of hydrogen-bond acceptors (Lipinski definition) is 6. The van der Waals surface area contributed by atoms with Crippen LogP contribution in [0.2, 0.25) is 0 Å². The molecule has 0 aliphatic heterocycles. The van der Waals surface area contributed by atoms with E-state index in [2.05, 4.69) is 42.7 Å². The zero-order valence-electron chi connectivity index (χ0n) is 16.5. The lowest BCUT2D eigenvalue weighted by Crippen LogP contribution is -2.23. The average Bonchev–Trinajstić information content (AvgIpc) is 3.29. The lowest BCUT2D eigenvalue weighted by Gasteiger charge is -2.21. The Morgan fingerprint density at radius 2 is 1.93 bits per heavy atom. The van der Waals surface area contributed by atoms with Crippen molar-refractivity contribution in [2.24, 2.45) is 11.8 Å². The second kappa shape index (κ2) is 7.32. The van der Waals surface area contributed by atoms with Gasteiger partial charge in [0.15, 0.2) is 0 Å². The molecule has 3 aromatic rings. The van der Waals surface area contributed by atoms with Crippen LogP contribution in [-0.4, -0.2) is 27.5 Å². The fourth-order valence-corrected chi connectivity index (χ4v) is 5.15. The summed E-state index contributed by atoms with van der Waals surface area (Å²) in [6, 6.07) is 8.78. The molecule has 146 valence electrons. The number of thiazole rings is 1. The topological polar surface area (TPSA) is 62.7 Å². The Morgan fingerprint density at radius 3 is 2.68 bits per heavy atom. The van der Waals surface area contributed by atoms with Crippen LogP contribution in [0.5, 0.6) is 0 Å². The van der Waals surface area contributed by atoms with Gasteiger partial charge in [0.05, 0.1) is 21.5 Å². The molecule has 2 heterocycles. The third kappa shape index (κ3) is 3.58. The lowest BCUT2D eigenvalue weighted by molar-refractivity contribution is 0.555. The highest BCUT2D eigenvalue weighted by Crippen LogP contribution is 2.38. The van der Waals surface area contributed by atoms with E-state index in [1.54, 1.807) is 11.3 Å². The van der Waals surface area contributed by atoms with Crippen molar-refractivity contribution in [1.29, 1.82) is 0 Å². The molecule has 2 aliphatic carbocycles. The smallest absolute Gasteiger partial charge is 0.224 e. The van der Waals surface area contributed by atoms with Crippen LogP contribution in [0.3, 0.4) is 0 Å². The fraction of sp³-hybridized carbons (Fsp3) is 0.500. The largest absolute Gasteiger partial charge is 0.366 e. The van der Waals surface area contributed by atoms with Crippen molar-refractivity contribution in [2.75, 3.05) is 17.2 Å². The molecule has 2 saturated carbocycles. The minimum atomic E-state index is 0.471. The summed E-state index contributed by atoms with van der Waals surface area (Å²) in [5.74, 6) is 3.13. The summed E-state index contributed by atoms with van der Waals surface area (Å²) in [5, 5.41) is 8.21. The number of fused-ring (bicyclic) bond motifs is 1. The molecule has 2 fully saturated rings. The first-order valence-corrected chi connectivity index (χ1v) is 11.2.